The van der Waals surface area contributed by atoms with Gasteiger partial charge in [-0.2, -0.15) is 5.10 Å². The minimum Gasteiger partial charge on any atom is -0.378 e. The summed E-state index contributed by atoms with van der Waals surface area (Å²) >= 11 is 0. The summed E-state index contributed by atoms with van der Waals surface area (Å²) in [5.41, 5.74) is 1.28. The zero-order valence-corrected chi connectivity index (χ0v) is 12.8. The van der Waals surface area contributed by atoms with E-state index in [0.717, 1.165) is 39.1 Å². The van der Waals surface area contributed by atoms with Crippen molar-refractivity contribution in [3.8, 4) is 0 Å². The SMILES string of the molecule is CCCn1nccc1CNCCCOC1CCCCC1. The third-order valence-corrected chi connectivity index (χ3v) is 3.95. The Morgan fingerprint density at radius 1 is 1.35 bits per heavy atom. The lowest BCUT2D eigenvalue weighted by atomic mass is 9.98. The molecular weight excluding hydrogens is 250 g/mol. The van der Waals surface area contributed by atoms with Gasteiger partial charge in [-0.3, -0.25) is 4.68 Å². The number of rotatable bonds is 9. The van der Waals surface area contributed by atoms with E-state index < -0.39 is 0 Å². The fourth-order valence-electron chi connectivity index (χ4n) is 2.82. The number of nitrogens with zero attached hydrogens (tertiary/aromatic N) is 2. The summed E-state index contributed by atoms with van der Waals surface area (Å²) < 4.78 is 8.01. The number of aryl methyl sites for hydroxylation is 1. The summed E-state index contributed by atoms with van der Waals surface area (Å²) in [5.74, 6) is 0. The maximum absolute atomic E-state index is 5.92. The molecule has 114 valence electrons. The largest absolute Gasteiger partial charge is 0.378 e. The first-order valence-electron chi connectivity index (χ1n) is 8.23. The molecule has 0 amide bonds. The standard InChI is InChI=1S/C16H29N3O/c1-2-12-19-15(9-11-18-19)14-17-10-6-13-20-16-7-4-3-5-8-16/h9,11,16-17H,2-8,10,12-14H2,1H3. The minimum atomic E-state index is 0.537. The third-order valence-electron chi connectivity index (χ3n) is 3.95. The molecule has 0 aromatic carbocycles. The molecule has 0 saturated heterocycles. The zero-order valence-electron chi connectivity index (χ0n) is 12.8. The molecule has 1 aliphatic carbocycles. The lowest BCUT2D eigenvalue weighted by Gasteiger charge is -2.21. The maximum Gasteiger partial charge on any atom is 0.0575 e. The quantitative estimate of drug-likeness (QED) is 0.706. The lowest BCUT2D eigenvalue weighted by molar-refractivity contribution is 0.0273. The molecule has 1 heterocycles. The maximum atomic E-state index is 5.92. The second-order valence-electron chi connectivity index (χ2n) is 5.71. The molecule has 1 N–H and O–H groups in total. The Bertz CT molecular complexity index is 358. The van der Waals surface area contributed by atoms with Crippen molar-refractivity contribution < 1.29 is 4.74 Å². The van der Waals surface area contributed by atoms with Crippen LogP contribution in [0.1, 0.15) is 57.6 Å². The molecule has 1 aromatic rings. The van der Waals surface area contributed by atoms with Gasteiger partial charge in [0.1, 0.15) is 0 Å². The highest BCUT2D eigenvalue weighted by Crippen LogP contribution is 2.20. The first kappa shape index (κ1) is 15.5. The van der Waals surface area contributed by atoms with Crippen molar-refractivity contribution >= 4 is 0 Å². The fraction of sp³-hybridized carbons (Fsp3) is 0.812. The Kier molecular flexibility index (Phi) is 7.09. The Morgan fingerprint density at radius 2 is 2.20 bits per heavy atom. The van der Waals surface area contributed by atoms with Crippen molar-refractivity contribution in [1.82, 2.24) is 15.1 Å². The second-order valence-corrected chi connectivity index (χ2v) is 5.71. The van der Waals surface area contributed by atoms with E-state index in [4.69, 9.17) is 4.74 Å². The van der Waals surface area contributed by atoms with Crippen molar-refractivity contribution in [3.05, 3.63) is 18.0 Å². The van der Waals surface area contributed by atoms with Crippen LogP contribution < -0.4 is 5.32 Å². The highest BCUT2D eigenvalue weighted by atomic mass is 16.5. The summed E-state index contributed by atoms with van der Waals surface area (Å²) in [7, 11) is 0. The van der Waals surface area contributed by atoms with Crippen molar-refractivity contribution in [3.63, 3.8) is 0 Å². The number of nitrogens with one attached hydrogen (secondary N) is 1. The topological polar surface area (TPSA) is 39.1 Å². The van der Waals surface area contributed by atoms with E-state index >= 15 is 0 Å². The van der Waals surface area contributed by atoms with Gasteiger partial charge in [0.25, 0.3) is 0 Å². The summed E-state index contributed by atoms with van der Waals surface area (Å²) in [6.07, 6.45) is 11.3. The Morgan fingerprint density at radius 3 is 3.00 bits per heavy atom. The van der Waals surface area contributed by atoms with Gasteiger partial charge >= 0.3 is 0 Å². The second kappa shape index (κ2) is 9.14. The van der Waals surface area contributed by atoms with Gasteiger partial charge < -0.3 is 10.1 Å². The Balaban J connectivity index is 1.51. The molecule has 0 spiro atoms. The average Bonchev–Trinajstić information content (AvgIpc) is 2.92. The molecule has 4 nitrogen and oxygen atoms in total. The van der Waals surface area contributed by atoms with E-state index in [-0.39, 0.29) is 0 Å². The van der Waals surface area contributed by atoms with Crippen LogP contribution in [0.4, 0.5) is 0 Å². The van der Waals surface area contributed by atoms with Crippen LogP contribution in [0.25, 0.3) is 0 Å². The Labute approximate surface area is 122 Å². The molecule has 1 aliphatic rings. The molecule has 1 saturated carbocycles. The van der Waals surface area contributed by atoms with Crippen LogP contribution in [0, 0.1) is 0 Å². The number of ether oxygens (including phenoxy) is 1. The van der Waals surface area contributed by atoms with Crippen LogP contribution in [0.2, 0.25) is 0 Å². The Hall–Kier alpha value is -0.870. The van der Waals surface area contributed by atoms with Gasteiger partial charge in [-0.15, -0.1) is 0 Å². The van der Waals surface area contributed by atoms with Gasteiger partial charge in [0.2, 0.25) is 0 Å². The predicted molar refractivity (Wildman–Crippen MR) is 81.7 cm³/mol. The highest BCUT2D eigenvalue weighted by molar-refractivity contribution is 4.99. The molecule has 0 unspecified atom stereocenters. The molecule has 0 radical (unpaired) electrons. The average molecular weight is 279 g/mol. The van der Waals surface area contributed by atoms with Gasteiger partial charge in [0.15, 0.2) is 0 Å². The summed E-state index contributed by atoms with van der Waals surface area (Å²) in [6, 6.07) is 2.10. The normalized spacial score (nSPS) is 16.6. The van der Waals surface area contributed by atoms with E-state index in [1.165, 1.54) is 37.8 Å². The van der Waals surface area contributed by atoms with E-state index in [9.17, 15) is 0 Å². The molecule has 20 heavy (non-hydrogen) atoms. The van der Waals surface area contributed by atoms with Crippen molar-refractivity contribution in [1.29, 1.82) is 0 Å². The molecule has 0 bridgehead atoms. The molecule has 1 aromatic heterocycles. The summed E-state index contributed by atoms with van der Waals surface area (Å²) in [6.45, 7) is 6.01. The van der Waals surface area contributed by atoms with Crippen LogP contribution in [-0.4, -0.2) is 29.0 Å². The third kappa shape index (κ3) is 5.25. The van der Waals surface area contributed by atoms with Crippen LogP contribution in [0.3, 0.4) is 0 Å². The van der Waals surface area contributed by atoms with E-state index in [0.29, 0.717) is 6.10 Å². The minimum absolute atomic E-state index is 0.537. The van der Waals surface area contributed by atoms with Crippen molar-refractivity contribution in [2.24, 2.45) is 0 Å². The molecule has 4 heteroatoms. The lowest BCUT2D eigenvalue weighted by Crippen LogP contribution is -2.21. The van der Waals surface area contributed by atoms with Gasteiger partial charge in [-0.1, -0.05) is 26.2 Å². The smallest absolute Gasteiger partial charge is 0.0575 e. The van der Waals surface area contributed by atoms with Gasteiger partial charge in [0.05, 0.1) is 11.8 Å². The first-order valence-corrected chi connectivity index (χ1v) is 8.23. The molecular formula is C16H29N3O. The van der Waals surface area contributed by atoms with Crippen LogP contribution in [-0.2, 0) is 17.8 Å². The summed E-state index contributed by atoms with van der Waals surface area (Å²) in [4.78, 5) is 0. The fourth-order valence-corrected chi connectivity index (χ4v) is 2.82. The summed E-state index contributed by atoms with van der Waals surface area (Å²) in [5, 5.41) is 7.82. The van der Waals surface area contributed by atoms with Gasteiger partial charge in [0, 0.05) is 25.9 Å². The number of hydrogen-bond donors (Lipinski definition) is 1. The molecule has 0 atom stereocenters. The van der Waals surface area contributed by atoms with E-state index in [1.54, 1.807) is 0 Å². The first-order chi connectivity index (χ1) is 9.90. The molecule has 1 fully saturated rings. The number of aromatic nitrogens is 2. The predicted octanol–water partition coefficient (Wildman–Crippen LogP) is 3.12. The van der Waals surface area contributed by atoms with Crippen LogP contribution in [0.5, 0.6) is 0 Å². The monoisotopic (exact) mass is 279 g/mol. The van der Waals surface area contributed by atoms with Crippen molar-refractivity contribution in [2.45, 2.75) is 71.1 Å². The van der Waals surface area contributed by atoms with Crippen LogP contribution >= 0.6 is 0 Å². The van der Waals surface area contributed by atoms with Gasteiger partial charge in [-0.25, -0.2) is 0 Å². The zero-order chi connectivity index (χ0) is 14.0. The van der Waals surface area contributed by atoms with Crippen LogP contribution in [0.15, 0.2) is 12.3 Å². The molecule has 0 aliphatic heterocycles. The van der Waals surface area contributed by atoms with E-state index in [1.807, 2.05) is 6.20 Å². The van der Waals surface area contributed by atoms with Gasteiger partial charge in [-0.05, 0) is 38.3 Å². The highest BCUT2D eigenvalue weighted by Gasteiger charge is 2.12. The molecule has 2 rings (SSSR count). The van der Waals surface area contributed by atoms with E-state index in [2.05, 4.69) is 28.1 Å². The van der Waals surface area contributed by atoms with Crippen molar-refractivity contribution in [2.75, 3.05) is 13.2 Å². The number of hydrogen-bond acceptors (Lipinski definition) is 3.